The normalized spacial score (nSPS) is 12.3. The van der Waals surface area contributed by atoms with E-state index in [9.17, 15) is 4.79 Å². The van der Waals surface area contributed by atoms with E-state index in [0.29, 0.717) is 11.7 Å². The summed E-state index contributed by atoms with van der Waals surface area (Å²) in [7, 11) is 0. The molecule has 1 aromatic heterocycles. The highest BCUT2D eigenvalue weighted by molar-refractivity contribution is 5.94. The van der Waals surface area contributed by atoms with Crippen molar-refractivity contribution in [3.8, 4) is 0 Å². The molecule has 1 N–H and O–H groups in total. The molecular weight excluding hydrogens is 284 g/mol. The molecule has 1 heterocycles. The van der Waals surface area contributed by atoms with E-state index in [4.69, 9.17) is 0 Å². The van der Waals surface area contributed by atoms with Gasteiger partial charge in [-0.25, -0.2) is 4.98 Å². The van der Waals surface area contributed by atoms with Gasteiger partial charge in [-0.05, 0) is 61.9 Å². The number of carbonyl (C=O) groups is 1. The molecule has 3 nitrogen and oxygen atoms in total. The van der Waals surface area contributed by atoms with Crippen LogP contribution in [0.2, 0.25) is 0 Å². The van der Waals surface area contributed by atoms with Gasteiger partial charge in [0.15, 0.2) is 0 Å². The number of carbonyl (C=O) groups excluding carboxylic acids is 1. The second-order valence-electron chi connectivity index (χ2n) is 6.72. The van der Waals surface area contributed by atoms with Gasteiger partial charge in [-0.3, -0.25) is 4.79 Å². The minimum Gasteiger partial charge on any atom is -0.310 e. The standard InChI is InChI=1S/C20H26N2O/c1-13(2)10-17-6-8-18(9-7-17)16(5)20(23)22-19-12-14(3)11-15(4)21-19/h6-9,11-13,16H,10H2,1-5H3,(H,21,22,23). The number of nitrogens with zero attached hydrogens (tertiary/aromatic N) is 1. The Kier molecular flexibility index (Phi) is 5.54. The van der Waals surface area contributed by atoms with Gasteiger partial charge in [0.05, 0.1) is 5.92 Å². The number of aryl methyl sites for hydroxylation is 2. The maximum Gasteiger partial charge on any atom is 0.232 e. The second kappa shape index (κ2) is 7.40. The SMILES string of the molecule is Cc1cc(C)nc(NC(=O)C(C)c2ccc(CC(C)C)cc2)c1. The average Bonchev–Trinajstić information content (AvgIpc) is 2.45. The number of anilines is 1. The number of aromatic nitrogens is 1. The van der Waals surface area contributed by atoms with Crippen LogP contribution in [0, 0.1) is 19.8 Å². The molecule has 0 radical (unpaired) electrons. The summed E-state index contributed by atoms with van der Waals surface area (Å²) in [5.74, 6) is 1.03. The zero-order chi connectivity index (χ0) is 17.0. The van der Waals surface area contributed by atoms with Crippen molar-refractivity contribution in [1.82, 2.24) is 4.98 Å². The van der Waals surface area contributed by atoms with Crippen molar-refractivity contribution in [2.24, 2.45) is 5.92 Å². The van der Waals surface area contributed by atoms with Crippen LogP contribution >= 0.6 is 0 Å². The van der Waals surface area contributed by atoms with Crippen molar-refractivity contribution in [1.29, 1.82) is 0 Å². The van der Waals surface area contributed by atoms with Gasteiger partial charge in [0, 0.05) is 5.69 Å². The van der Waals surface area contributed by atoms with Crippen molar-refractivity contribution in [3.05, 3.63) is 58.8 Å². The molecule has 1 atom stereocenters. The summed E-state index contributed by atoms with van der Waals surface area (Å²) < 4.78 is 0. The van der Waals surface area contributed by atoms with Crippen LogP contribution < -0.4 is 5.32 Å². The lowest BCUT2D eigenvalue weighted by molar-refractivity contribution is -0.117. The molecule has 122 valence electrons. The van der Waals surface area contributed by atoms with Crippen molar-refractivity contribution >= 4 is 11.7 Å². The zero-order valence-electron chi connectivity index (χ0n) is 14.7. The highest BCUT2D eigenvalue weighted by Crippen LogP contribution is 2.19. The fourth-order valence-corrected chi connectivity index (χ4v) is 2.71. The second-order valence-corrected chi connectivity index (χ2v) is 6.72. The van der Waals surface area contributed by atoms with Crippen molar-refractivity contribution < 1.29 is 4.79 Å². The van der Waals surface area contributed by atoms with Crippen molar-refractivity contribution in [2.75, 3.05) is 5.32 Å². The van der Waals surface area contributed by atoms with Crippen molar-refractivity contribution in [3.63, 3.8) is 0 Å². The molecule has 1 amide bonds. The van der Waals surface area contributed by atoms with E-state index < -0.39 is 0 Å². The first-order valence-electron chi connectivity index (χ1n) is 8.20. The Hall–Kier alpha value is -2.16. The molecule has 3 heteroatoms. The molecule has 0 aliphatic rings. The van der Waals surface area contributed by atoms with E-state index in [-0.39, 0.29) is 11.8 Å². The van der Waals surface area contributed by atoms with Crippen LogP contribution in [0.25, 0.3) is 0 Å². The smallest absolute Gasteiger partial charge is 0.232 e. The van der Waals surface area contributed by atoms with Gasteiger partial charge < -0.3 is 5.32 Å². The number of hydrogen-bond donors (Lipinski definition) is 1. The zero-order valence-corrected chi connectivity index (χ0v) is 14.7. The quantitative estimate of drug-likeness (QED) is 0.874. The first-order valence-corrected chi connectivity index (χ1v) is 8.20. The Balaban J connectivity index is 2.06. The predicted molar refractivity (Wildman–Crippen MR) is 95.7 cm³/mol. The molecule has 0 aliphatic heterocycles. The van der Waals surface area contributed by atoms with Gasteiger partial charge in [0.1, 0.15) is 5.82 Å². The highest BCUT2D eigenvalue weighted by atomic mass is 16.1. The number of rotatable bonds is 5. The van der Waals surface area contributed by atoms with E-state index in [0.717, 1.165) is 23.2 Å². The van der Waals surface area contributed by atoms with Crippen LogP contribution in [-0.2, 0) is 11.2 Å². The Labute approximate surface area is 139 Å². The summed E-state index contributed by atoms with van der Waals surface area (Å²) in [4.78, 5) is 16.8. The number of amides is 1. The summed E-state index contributed by atoms with van der Waals surface area (Å²) in [6, 6.07) is 12.2. The third-order valence-corrected chi connectivity index (χ3v) is 3.87. The molecule has 1 aromatic carbocycles. The Morgan fingerprint density at radius 3 is 2.30 bits per heavy atom. The molecule has 0 saturated heterocycles. The molecule has 2 aromatic rings. The van der Waals surface area contributed by atoms with Gasteiger partial charge in [0.25, 0.3) is 0 Å². The van der Waals surface area contributed by atoms with Crippen molar-refractivity contribution in [2.45, 2.75) is 47.0 Å². The average molecular weight is 310 g/mol. The summed E-state index contributed by atoms with van der Waals surface area (Å²) >= 11 is 0. The summed E-state index contributed by atoms with van der Waals surface area (Å²) in [5.41, 5.74) is 4.34. The number of hydrogen-bond acceptors (Lipinski definition) is 2. The van der Waals surface area contributed by atoms with Crippen LogP contribution in [0.1, 0.15) is 49.1 Å². The van der Waals surface area contributed by atoms with Gasteiger partial charge in [-0.15, -0.1) is 0 Å². The Morgan fingerprint density at radius 2 is 1.74 bits per heavy atom. The number of nitrogens with one attached hydrogen (secondary N) is 1. The molecule has 1 unspecified atom stereocenters. The molecule has 0 aliphatic carbocycles. The van der Waals surface area contributed by atoms with Gasteiger partial charge in [0.2, 0.25) is 5.91 Å². The first kappa shape index (κ1) is 17.2. The molecule has 0 saturated carbocycles. The van der Waals surface area contributed by atoms with E-state index >= 15 is 0 Å². The maximum atomic E-state index is 12.4. The van der Waals surface area contributed by atoms with Gasteiger partial charge >= 0.3 is 0 Å². The fourth-order valence-electron chi connectivity index (χ4n) is 2.71. The van der Waals surface area contributed by atoms with E-state index in [1.807, 2.05) is 32.9 Å². The molecule has 0 spiro atoms. The lowest BCUT2D eigenvalue weighted by Crippen LogP contribution is -2.19. The number of pyridine rings is 1. The van der Waals surface area contributed by atoms with Crippen LogP contribution in [0.4, 0.5) is 5.82 Å². The topological polar surface area (TPSA) is 42.0 Å². The van der Waals surface area contributed by atoms with Gasteiger partial charge in [-0.2, -0.15) is 0 Å². The van der Waals surface area contributed by atoms with E-state index in [1.165, 1.54) is 5.56 Å². The molecule has 2 rings (SSSR count). The highest BCUT2D eigenvalue weighted by Gasteiger charge is 2.16. The predicted octanol–water partition coefficient (Wildman–Crippen LogP) is 4.64. The van der Waals surface area contributed by atoms with Crippen LogP contribution in [0.3, 0.4) is 0 Å². The Bertz CT molecular complexity index is 654. The van der Waals surface area contributed by atoms with Crippen LogP contribution in [-0.4, -0.2) is 10.9 Å². The summed E-state index contributed by atoms with van der Waals surface area (Å²) in [6.45, 7) is 10.3. The molecular formula is C20H26N2O. The third kappa shape index (κ3) is 4.92. The third-order valence-electron chi connectivity index (χ3n) is 3.87. The molecule has 0 bridgehead atoms. The minimum absolute atomic E-state index is 0.0286. The van der Waals surface area contributed by atoms with E-state index in [1.54, 1.807) is 0 Å². The fraction of sp³-hybridized carbons (Fsp3) is 0.400. The van der Waals surface area contributed by atoms with Crippen LogP contribution in [0.5, 0.6) is 0 Å². The molecule has 23 heavy (non-hydrogen) atoms. The minimum atomic E-state index is -0.203. The lowest BCUT2D eigenvalue weighted by atomic mass is 9.96. The maximum absolute atomic E-state index is 12.4. The Morgan fingerprint density at radius 1 is 1.09 bits per heavy atom. The lowest BCUT2D eigenvalue weighted by Gasteiger charge is -2.14. The molecule has 0 fully saturated rings. The van der Waals surface area contributed by atoms with E-state index in [2.05, 4.69) is 48.4 Å². The summed E-state index contributed by atoms with van der Waals surface area (Å²) in [5, 5.41) is 2.92. The number of benzene rings is 1. The summed E-state index contributed by atoms with van der Waals surface area (Å²) in [6.07, 6.45) is 1.06. The van der Waals surface area contributed by atoms with Crippen LogP contribution in [0.15, 0.2) is 36.4 Å². The first-order chi connectivity index (χ1) is 10.8. The van der Waals surface area contributed by atoms with Gasteiger partial charge in [-0.1, -0.05) is 38.1 Å². The largest absolute Gasteiger partial charge is 0.310 e. The monoisotopic (exact) mass is 310 g/mol.